The van der Waals surface area contributed by atoms with Gasteiger partial charge >= 0.3 is 0 Å². The average molecular weight is 354 g/mol. The van der Waals surface area contributed by atoms with Crippen molar-refractivity contribution in [2.24, 2.45) is 0 Å². The Morgan fingerprint density at radius 2 is 1.68 bits per heavy atom. The SMILES string of the molecule is O=c1c2ccccc2sn1CC1(O)CCN(Cc2ccccc2)CC1. The van der Waals surface area contributed by atoms with Crippen LogP contribution in [0.15, 0.2) is 59.4 Å². The molecule has 0 bridgehead atoms. The van der Waals surface area contributed by atoms with E-state index in [1.165, 1.54) is 17.1 Å². The molecule has 4 nitrogen and oxygen atoms in total. The van der Waals surface area contributed by atoms with Crippen molar-refractivity contribution in [3.05, 3.63) is 70.5 Å². The first-order chi connectivity index (χ1) is 12.1. The van der Waals surface area contributed by atoms with Crippen molar-refractivity contribution in [3.8, 4) is 0 Å². The molecule has 0 unspecified atom stereocenters. The number of aliphatic hydroxyl groups is 1. The Kier molecular flexibility index (Phi) is 4.46. The first kappa shape index (κ1) is 16.5. The van der Waals surface area contributed by atoms with Crippen LogP contribution >= 0.6 is 11.5 Å². The zero-order valence-electron chi connectivity index (χ0n) is 14.1. The molecule has 1 N–H and O–H groups in total. The molecule has 4 rings (SSSR count). The number of hydrogen-bond acceptors (Lipinski definition) is 4. The Morgan fingerprint density at radius 3 is 2.40 bits per heavy atom. The fourth-order valence-electron chi connectivity index (χ4n) is 3.52. The molecule has 0 atom stereocenters. The van der Waals surface area contributed by atoms with Crippen LogP contribution in [0.25, 0.3) is 10.1 Å². The van der Waals surface area contributed by atoms with Gasteiger partial charge in [-0.05, 0) is 30.5 Å². The third-order valence-electron chi connectivity index (χ3n) is 5.03. The second kappa shape index (κ2) is 6.75. The minimum absolute atomic E-state index is 0.0146. The predicted octanol–water partition coefficient (Wildman–Crippen LogP) is 3.09. The van der Waals surface area contributed by atoms with Gasteiger partial charge in [0.2, 0.25) is 0 Å². The quantitative estimate of drug-likeness (QED) is 0.783. The molecule has 1 aromatic heterocycles. The first-order valence-electron chi connectivity index (χ1n) is 8.71. The van der Waals surface area contributed by atoms with Crippen LogP contribution < -0.4 is 5.56 Å². The summed E-state index contributed by atoms with van der Waals surface area (Å²) in [5, 5.41) is 11.7. The lowest BCUT2D eigenvalue weighted by Gasteiger charge is -2.38. The molecule has 0 saturated carbocycles. The Hall–Kier alpha value is -1.95. The predicted molar refractivity (Wildman–Crippen MR) is 102 cm³/mol. The monoisotopic (exact) mass is 354 g/mol. The Bertz CT molecular complexity index is 908. The fraction of sp³-hybridized carbons (Fsp3) is 0.350. The van der Waals surface area contributed by atoms with Crippen molar-refractivity contribution >= 4 is 21.6 Å². The summed E-state index contributed by atoms with van der Waals surface area (Å²) in [5.41, 5.74) is 0.521. The van der Waals surface area contributed by atoms with Crippen LogP contribution in [0.3, 0.4) is 0 Å². The number of likely N-dealkylation sites (tertiary alicyclic amines) is 1. The Balaban J connectivity index is 1.43. The first-order valence-corrected chi connectivity index (χ1v) is 9.48. The van der Waals surface area contributed by atoms with E-state index in [1.807, 2.05) is 30.3 Å². The van der Waals surface area contributed by atoms with E-state index in [0.29, 0.717) is 19.4 Å². The highest BCUT2D eigenvalue weighted by molar-refractivity contribution is 7.13. The smallest absolute Gasteiger partial charge is 0.268 e. The van der Waals surface area contributed by atoms with Gasteiger partial charge in [-0.2, -0.15) is 0 Å². The molecule has 1 aliphatic rings. The lowest BCUT2D eigenvalue weighted by molar-refractivity contribution is -0.0342. The van der Waals surface area contributed by atoms with E-state index in [4.69, 9.17) is 0 Å². The largest absolute Gasteiger partial charge is 0.388 e. The van der Waals surface area contributed by atoms with Crippen LogP contribution in [0.1, 0.15) is 18.4 Å². The van der Waals surface area contributed by atoms with Crippen molar-refractivity contribution in [2.45, 2.75) is 31.5 Å². The molecular formula is C20H22N2O2S. The molecule has 2 aromatic carbocycles. The van der Waals surface area contributed by atoms with Crippen LogP contribution in [0, 0.1) is 0 Å². The maximum Gasteiger partial charge on any atom is 0.268 e. The van der Waals surface area contributed by atoms with Gasteiger partial charge in [-0.25, -0.2) is 0 Å². The van der Waals surface area contributed by atoms with E-state index in [1.54, 1.807) is 3.96 Å². The number of rotatable bonds is 4. The summed E-state index contributed by atoms with van der Waals surface area (Å²) in [6, 6.07) is 18.1. The summed E-state index contributed by atoms with van der Waals surface area (Å²) in [4.78, 5) is 14.9. The Labute approximate surface area is 151 Å². The van der Waals surface area contributed by atoms with Crippen LogP contribution in [-0.2, 0) is 13.1 Å². The molecular weight excluding hydrogens is 332 g/mol. The summed E-state index contributed by atoms with van der Waals surface area (Å²) >= 11 is 1.45. The van der Waals surface area contributed by atoms with E-state index in [0.717, 1.165) is 29.7 Å². The van der Waals surface area contributed by atoms with E-state index >= 15 is 0 Å². The van der Waals surface area contributed by atoms with Crippen molar-refractivity contribution in [2.75, 3.05) is 13.1 Å². The molecule has 2 heterocycles. The van der Waals surface area contributed by atoms with Crippen molar-refractivity contribution in [3.63, 3.8) is 0 Å². The van der Waals surface area contributed by atoms with E-state index in [-0.39, 0.29) is 5.56 Å². The molecule has 0 radical (unpaired) electrons. The maximum absolute atomic E-state index is 12.5. The standard InChI is InChI=1S/C20H22N2O2S/c23-19-17-8-4-5-9-18(17)25-22(19)15-20(24)10-12-21(13-11-20)14-16-6-2-1-3-7-16/h1-9,24H,10-15H2. The van der Waals surface area contributed by atoms with Gasteiger partial charge in [0.1, 0.15) is 0 Å². The second-order valence-electron chi connectivity index (χ2n) is 6.92. The molecule has 0 aliphatic carbocycles. The summed E-state index contributed by atoms with van der Waals surface area (Å²) < 4.78 is 2.70. The van der Waals surface area contributed by atoms with Gasteiger partial charge in [-0.1, -0.05) is 54.0 Å². The summed E-state index contributed by atoms with van der Waals surface area (Å²) in [5.74, 6) is 0. The van der Waals surface area contributed by atoms with Crippen molar-refractivity contribution < 1.29 is 5.11 Å². The average Bonchev–Trinajstić information content (AvgIpc) is 2.94. The van der Waals surface area contributed by atoms with E-state index in [2.05, 4.69) is 29.2 Å². The highest BCUT2D eigenvalue weighted by Crippen LogP contribution is 2.27. The zero-order valence-corrected chi connectivity index (χ0v) is 14.9. The van der Waals surface area contributed by atoms with Gasteiger partial charge in [-0.3, -0.25) is 13.7 Å². The van der Waals surface area contributed by atoms with Gasteiger partial charge < -0.3 is 5.11 Å². The van der Waals surface area contributed by atoms with Gasteiger partial charge in [0.05, 0.1) is 22.2 Å². The minimum Gasteiger partial charge on any atom is -0.388 e. The molecule has 3 aromatic rings. The normalized spacial score (nSPS) is 17.8. The topological polar surface area (TPSA) is 45.5 Å². The molecule has 1 aliphatic heterocycles. The van der Waals surface area contributed by atoms with Gasteiger partial charge in [0.15, 0.2) is 0 Å². The molecule has 0 spiro atoms. The zero-order chi connectivity index (χ0) is 17.3. The van der Waals surface area contributed by atoms with Crippen molar-refractivity contribution in [1.29, 1.82) is 0 Å². The highest BCUT2D eigenvalue weighted by atomic mass is 32.1. The molecule has 0 amide bonds. The van der Waals surface area contributed by atoms with E-state index < -0.39 is 5.60 Å². The van der Waals surface area contributed by atoms with Gasteiger partial charge in [0, 0.05) is 19.6 Å². The second-order valence-corrected chi connectivity index (χ2v) is 7.98. The minimum atomic E-state index is -0.794. The molecule has 1 fully saturated rings. The number of fused-ring (bicyclic) bond motifs is 1. The van der Waals surface area contributed by atoms with Gasteiger partial charge in [-0.15, -0.1) is 0 Å². The number of hydrogen-bond donors (Lipinski definition) is 1. The van der Waals surface area contributed by atoms with Gasteiger partial charge in [0.25, 0.3) is 5.56 Å². The number of aromatic nitrogens is 1. The summed E-state index contributed by atoms with van der Waals surface area (Å²) in [7, 11) is 0. The van der Waals surface area contributed by atoms with Crippen LogP contribution in [-0.4, -0.2) is 32.7 Å². The Morgan fingerprint density at radius 1 is 1.00 bits per heavy atom. The maximum atomic E-state index is 12.5. The number of benzene rings is 2. The lowest BCUT2D eigenvalue weighted by atomic mass is 9.91. The third kappa shape index (κ3) is 3.54. The summed E-state index contributed by atoms with van der Waals surface area (Å²) in [6.45, 7) is 3.01. The van der Waals surface area contributed by atoms with Crippen LogP contribution in [0.2, 0.25) is 0 Å². The lowest BCUT2D eigenvalue weighted by Crippen LogP contribution is -2.47. The fourth-order valence-corrected chi connectivity index (χ4v) is 4.63. The molecule has 1 saturated heterocycles. The number of piperidine rings is 1. The molecule has 130 valence electrons. The van der Waals surface area contributed by atoms with Crippen LogP contribution in [0.5, 0.6) is 0 Å². The molecule has 25 heavy (non-hydrogen) atoms. The highest BCUT2D eigenvalue weighted by Gasteiger charge is 2.33. The van der Waals surface area contributed by atoms with Crippen molar-refractivity contribution in [1.82, 2.24) is 8.86 Å². The third-order valence-corrected chi connectivity index (χ3v) is 6.09. The number of nitrogens with zero attached hydrogens (tertiary/aromatic N) is 2. The van der Waals surface area contributed by atoms with E-state index in [9.17, 15) is 9.90 Å². The van der Waals surface area contributed by atoms with Crippen LogP contribution in [0.4, 0.5) is 0 Å². The summed E-state index contributed by atoms with van der Waals surface area (Å²) in [6.07, 6.45) is 1.39. The molecule has 5 heteroatoms.